The molecule has 2 heteroatoms. The molecule has 0 amide bonds. The van der Waals surface area contributed by atoms with E-state index in [9.17, 15) is 4.79 Å². The van der Waals surface area contributed by atoms with Crippen molar-refractivity contribution in [2.75, 3.05) is 0 Å². The van der Waals surface area contributed by atoms with Gasteiger partial charge in [0.2, 0.25) is 0 Å². The lowest BCUT2D eigenvalue weighted by Gasteiger charge is -2.26. The van der Waals surface area contributed by atoms with E-state index in [-0.39, 0.29) is 17.1 Å². The molecule has 2 aromatic rings. The van der Waals surface area contributed by atoms with Gasteiger partial charge in [0.05, 0.1) is 6.26 Å². The highest BCUT2D eigenvalue weighted by Gasteiger charge is 2.47. The summed E-state index contributed by atoms with van der Waals surface area (Å²) in [6.07, 6.45) is 2.32. The zero-order valence-corrected chi connectivity index (χ0v) is 10.6. The smallest absolute Gasteiger partial charge is 0.170 e. The molecule has 1 aliphatic carbocycles. The summed E-state index contributed by atoms with van der Waals surface area (Å²) in [6, 6.07) is 11.7. The fourth-order valence-electron chi connectivity index (χ4n) is 2.94. The normalized spacial score (nSPS) is 26.3. The van der Waals surface area contributed by atoms with E-state index in [1.165, 1.54) is 0 Å². The highest BCUT2D eigenvalue weighted by atomic mass is 16.3. The van der Waals surface area contributed by atoms with Gasteiger partial charge in [0.15, 0.2) is 5.78 Å². The molecule has 0 N–H and O–H groups in total. The monoisotopic (exact) mass is 240 g/mol. The molecule has 1 aromatic carbocycles. The van der Waals surface area contributed by atoms with E-state index < -0.39 is 0 Å². The summed E-state index contributed by atoms with van der Waals surface area (Å²) in [4.78, 5) is 12.6. The number of rotatable bonds is 2. The van der Waals surface area contributed by atoms with Crippen molar-refractivity contribution < 1.29 is 9.21 Å². The zero-order chi connectivity index (χ0) is 12.8. The number of carbonyl (C=O) groups excluding carboxylic acids is 1. The summed E-state index contributed by atoms with van der Waals surface area (Å²) in [5, 5.41) is 0. The molecule has 1 aliphatic rings. The van der Waals surface area contributed by atoms with Crippen LogP contribution in [0.2, 0.25) is 0 Å². The van der Waals surface area contributed by atoms with Crippen molar-refractivity contribution in [2.45, 2.75) is 26.2 Å². The molecular weight excluding hydrogens is 224 g/mol. The molecule has 2 atom stereocenters. The van der Waals surface area contributed by atoms with E-state index in [1.54, 1.807) is 6.26 Å². The number of carbonyl (C=O) groups is 1. The van der Waals surface area contributed by atoms with Crippen LogP contribution in [0.3, 0.4) is 0 Å². The van der Waals surface area contributed by atoms with Gasteiger partial charge in [0.1, 0.15) is 5.76 Å². The van der Waals surface area contributed by atoms with Gasteiger partial charge in [-0.15, -0.1) is 0 Å². The van der Waals surface area contributed by atoms with Crippen LogP contribution >= 0.6 is 0 Å². The molecule has 0 fully saturated rings. The molecular formula is C16H16O2. The first-order valence-corrected chi connectivity index (χ1v) is 6.29. The molecule has 2 nitrogen and oxygen atoms in total. The minimum Gasteiger partial charge on any atom is -0.469 e. The zero-order valence-electron chi connectivity index (χ0n) is 10.6. The second-order valence-electron chi connectivity index (χ2n) is 5.31. The minimum atomic E-state index is -0.387. The van der Waals surface area contributed by atoms with E-state index >= 15 is 0 Å². The van der Waals surface area contributed by atoms with Crippen LogP contribution in [-0.4, -0.2) is 5.78 Å². The van der Waals surface area contributed by atoms with Gasteiger partial charge in [-0.25, -0.2) is 0 Å². The van der Waals surface area contributed by atoms with E-state index in [0.29, 0.717) is 6.42 Å². The third-order valence-corrected chi connectivity index (χ3v) is 4.27. The first-order valence-electron chi connectivity index (χ1n) is 6.29. The maximum atomic E-state index is 12.6. The van der Waals surface area contributed by atoms with Gasteiger partial charge in [-0.1, -0.05) is 38.1 Å². The molecule has 3 rings (SSSR count). The number of hydrogen-bond donors (Lipinski definition) is 0. The largest absolute Gasteiger partial charge is 0.469 e. The van der Waals surface area contributed by atoms with Gasteiger partial charge in [0, 0.05) is 17.4 Å². The van der Waals surface area contributed by atoms with Gasteiger partial charge in [-0.05, 0) is 23.6 Å². The number of ketones is 1. The first kappa shape index (κ1) is 11.3. The van der Waals surface area contributed by atoms with Crippen molar-refractivity contribution in [2.24, 2.45) is 5.41 Å². The molecule has 0 aliphatic heterocycles. The predicted molar refractivity (Wildman–Crippen MR) is 69.7 cm³/mol. The van der Waals surface area contributed by atoms with E-state index in [0.717, 1.165) is 16.9 Å². The van der Waals surface area contributed by atoms with Gasteiger partial charge in [-0.3, -0.25) is 4.79 Å². The Hall–Kier alpha value is -1.83. The molecule has 0 saturated carbocycles. The Morgan fingerprint density at radius 2 is 2.00 bits per heavy atom. The van der Waals surface area contributed by atoms with Crippen molar-refractivity contribution in [1.29, 1.82) is 0 Å². The summed E-state index contributed by atoms with van der Waals surface area (Å²) in [6.45, 7) is 4.18. The Morgan fingerprint density at radius 1 is 1.22 bits per heavy atom. The fraction of sp³-hybridized carbons (Fsp3) is 0.312. The van der Waals surface area contributed by atoms with Crippen molar-refractivity contribution in [1.82, 2.24) is 0 Å². The first-order chi connectivity index (χ1) is 8.63. The van der Waals surface area contributed by atoms with Crippen LogP contribution in [0.25, 0.3) is 0 Å². The van der Waals surface area contributed by atoms with Gasteiger partial charge in [-0.2, -0.15) is 0 Å². The average Bonchev–Trinajstić information content (AvgIpc) is 2.94. The number of furan rings is 1. The van der Waals surface area contributed by atoms with Crippen LogP contribution in [0.15, 0.2) is 47.1 Å². The predicted octanol–water partition coefficient (Wildman–Crippen LogP) is 3.83. The summed E-state index contributed by atoms with van der Waals surface area (Å²) in [5.74, 6) is 1.35. The lowest BCUT2D eigenvalue weighted by atomic mass is 9.75. The molecule has 0 spiro atoms. The second-order valence-corrected chi connectivity index (χ2v) is 5.31. The quantitative estimate of drug-likeness (QED) is 0.798. The topological polar surface area (TPSA) is 30.2 Å². The van der Waals surface area contributed by atoms with Crippen LogP contribution < -0.4 is 0 Å². The van der Waals surface area contributed by atoms with Crippen molar-refractivity contribution in [3.8, 4) is 0 Å². The Bertz CT molecular complexity index is 583. The molecule has 1 aromatic heterocycles. The van der Waals surface area contributed by atoms with Crippen LogP contribution in [-0.2, 0) is 6.42 Å². The number of fused-ring (bicyclic) bond motifs is 1. The average molecular weight is 240 g/mol. The molecule has 1 heterocycles. The van der Waals surface area contributed by atoms with E-state index in [1.807, 2.05) is 37.3 Å². The van der Waals surface area contributed by atoms with E-state index in [4.69, 9.17) is 4.42 Å². The lowest BCUT2D eigenvalue weighted by molar-refractivity contribution is 0.0806. The fourth-order valence-corrected chi connectivity index (χ4v) is 2.94. The van der Waals surface area contributed by atoms with Gasteiger partial charge in [0.25, 0.3) is 0 Å². The molecule has 18 heavy (non-hydrogen) atoms. The molecule has 0 saturated heterocycles. The maximum absolute atomic E-state index is 12.6. The Balaban J connectivity index is 2.02. The summed E-state index contributed by atoms with van der Waals surface area (Å²) >= 11 is 0. The van der Waals surface area contributed by atoms with Crippen LogP contribution in [0.5, 0.6) is 0 Å². The summed E-state index contributed by atoms with van der Waals surface area (Å²) in [7, 11) is 0. The van der Waals surface area contributed by atoms with E-state index in [2.05, 4.69) is 13.0 Å². The SMILES string of the molecule is CC1c2ccccc2C(=O)C1(C)Cc1ccco1. The molecule has 92 valence electrons. The standard InChI is InChI=1S/C16H16O2/c1-11-13-7-3-4-8-14(13)15(17)16(11,2)10-12-6-5-9-18-12/h3-9,11H,10H2,1-2H3. The van der Waals surface area contributed by atoms with Crippen LogP contribution in [0.1, 0.15) is 41.4 Å². The maximum Gasteiger partial charge on any atom is 0.170 e. The van der Waals surface area contributed by atoms with Gasteiger partial charge < -0.3 is 4.42 Å². The third-order valence-electron chi connectivity index (χ3n) is 4.27. The summed E-state index contributed by atoms with van der Waals surface area (Å²) < 4.78 is 5.40. The summed E-state index contributed by atoms with van der Waals surface area (Å²) in [5.41, 5.74) is 1.65. The molecule has 0 bridgehead atoms. The molecule has 2 unspecified atom stereocenters. The van der Waals surface area contributed by atoms with Crippen LogP contribution in [0.4, 0.5) is 0 Å². The lowest BCUT2D eigenvalue weighted by Crippen LogP contribution is -2.29. The molecule has 0 radical (unpaired) electrons. The number of benzene rings is 1. The van der Waals surface area contributed by atoms with Crippen molar-refractivity contribution in [3.05, 3.63) is 59.5 Å². The van der Waals surface area contributed by atoms with Crippen LogP contribution in [0, 0.1) is 5.41 Å². The third kappa shape index (κ3) is 1.45. The number of hydrogen-bond acceptors (Lipinski definition) is 2. The highest BCUT2D eigenvalue weighted by molar-refractivity contribution is 6.05. The Morgan fingerprint density at radius 3 is 2.67 bits per heavy atom. The Labute approximate surface area is 107 Å². The Kier molecular flexibility index (Phi) is 2.40. The van der Waals surface area contributed by atoms with Crippen molar-refractivity contribution in [3.63, 3.8) is 0 Å². The second kappa shape index (κ2) is 3.84. The van der Waals surface area contributed by atoms with Gasteiger partial charge >= 0.3 is 0 Å². The number of Topliss-reactive ketones (excluding diaryl/α,β-unsaturated/α-hetero) is 1. The minimum absolute atomic E-state index is 0.228. The highest BCUT2D eigenvalue weighted by Crippen LogP contribution is 2.48. The van der Waals surface area contributed by atoms with Crippen molar-refractivity contribution >= 4 is 5.78 Å².